The lowest BCUT2D eigenvalue weighted by Gasteiger charge is -2.04. The molecular weight excluding hydrogens is 176 g/mol. The molecule has 0 aliphatic rings. The minimum Gasteiger partial charge on any atom is -0.512 e. The van der Waals surface area contributed by atoms with E-state index in [1.165, 1.54) is 6.92 Å². The van der Waals surface area contributed by atoms with Crippen molar-refractivity contribution < 1.29 is 9.90 Å². The molecule has 0 radical (unpaired) electrons. The highest BCUT2D eigenvalue weighted by Crippen LogP contribution is 2.11. The molecule has 0 saturated heterocycles. The maximum atomic E-state index is 11.2. The van der Waals surface area contributed by atoms with Gasteiger partial charge in [-0.2, -0.15) is 0 Å². The fourth-order valence-corrected chi connectivity index (χ4v) is 1.31. The lowest BCUT2D eigenvalue weighted by Crippen LogP contribution is -2.03. The molecule has 1 aromatic rings. The molecule has 0 fully saturated rings. The highest BCUT2D eigenvalue weighted by atomic mass is 16.3. The Bertz CT molecular complexity index is 346. The molecule has 0 spiro atoms. The number of benzene rings is 1. The molecule has 0 saturated carbocycles. The van der Waals surface area contributed by atoms with E-state index in [4.69, 9.17) is 0 Å². The number of carbonyl (C=O) groups is 1. The van der Waals surface area contributed by atoms with Crippen molar-refractivity contribution in [1.29, 1.82) is 0 Å². The van der Waals surface area contributed by atoms with Crippen LogP contribution in [0, 0.1) is 0 Å². The van der Waals surface area contributed by atoms with Gasteiger partial charge in [-0.05, 0) is 19.4 Å². The lowest BCUT2D eigenvalue weighted by atomic mass is 10.0. The third-order valence-corrected chi connectivity index (χ3v) is 2.09. The summed E-state index contributed by atoms with van der Waals surface area (Å²) in [5.41, 5.74) is 1.52. The van der Waals surface area contributed by atoms with Crippen LogP contribution in [0.4, 0.5) is 0 Å². The topological polar surface area (TPSA) is 37.3 Å². The fourth-order valence-electron chi connectivity index (χ4n) is 1.31. The Morgan fingerprint density at radius 3 is 2.21 bits per heavy atom. The van der Waals surface area contributed by atoms with Crippen molar-refractivity contribution in [2.75, 3.05) is 0 Å². The van der Waals surface area contributed by atoms with E-state index in [0.717, 1.165) is 5.56 Å². The molecule has 14 heavy (non-hydrogen) atoms. The van der Waals surface area contributed by atoms with Gasteiger partial charge in [-0.15, -0.1) is 0 Å². The second kappa shape index (κ2) is 4.61. The quantitative estimate of drug-likeness (QED) is 0.587. The van der Waals surface area contributed by atoms with Crippen LogP contribution in [0.15, 0.2) is 41.7 Å². The van der Waals surface area contributed by atoms with Gasteiger partial charge >= 0.3 is 0 Å². The summed E-state index contributed by atoms with van der Waals surface area (Å²) in [6, 6.07) is 9.63. The van der Waals surface area contributed by atoms with E-state index in [-0.39, 0.29) is 11.5 Å². The molecule has 2 heteroatoms. The zero-order valence-corrected chi connectivity index (χ0v) is 8.45. The number of hydrogen-bond acceptors (Lipinski definition) is 2. The third kappa shape index (κ3) is 2.73. The van der Waals surface area contributed by atoms with Gasteiger partial charge in [0.2, 0.25) is 0 Å². The largest absolute Gasteiger partial charge is 0.512 e. The molecule has 0 bridgehead atoms. The number of aliphatic hydroxyl groups is 1. The van der Waals surface area contributed by atoms with Crippen LogP contribution in [0.25, 0.3) is 0 Å². The molecule has 0 amide bonds. The summed E-state index contributed by atoms with van der Waals surface area (Å²) in [5, 5.41) is 9.30. The van der Waals surface area contributed by atoms with Gasteiger partial charge in [0.25, 0.3) is 0 Å². The SMILES string of the molecule is CC(=O)/C(Cc1ccccc1)=C(/C)O. The van der Waals surface area contributed by atoms with Gasteiger partial charge in [0.1, 0.15) is 0 Å². The molecule has 0 heterocycles. The summed E-state index contributed by atoms with van der Waals surface area (Å²) in [4.78, 5) is 11.2. The Kier molecular flexibility index (Phi) is 3.46. The van der Waals surface area contributed by atoms with Gasteiger partial charge in [0, 0.05) is 12.0 Å². The van der Waals surface area contributed by atoms with Crippen LogP contribution in [0.5, 0.6) is 0 Å². The predicted molar refractivity (Wildman–Crippen MR) is 56.2 cm³/mol. The molecule has 1 N–H and O–H groups in total. The van der Waals surface area contributed by atoms with Gasteiger partial charge in [0.05, 0.1) is 5.76 Å². The van der Waals surface area contributed by atoms with Crippen LogP contribution in [0.3, 0.4) is 0 Å². The molecule has 0 aliphatic heterocycles. The minimum atomic E-state index is -0.0751. The Hall–Kier alpha value is -1.57. The molecule has 0 aliphatic carbocycles. The Balaban J connectivity index is 2.87. The van der Waals surface area contributed by atoms with Crippen molar-refractivity contribution >= 4 is 5.78 Å². The first-order chi connectivity index (χ1) is 6.61. The van der Waals surface area contributed by atoms with E-state index in [1.54, 1.807) is 6.92 Å². The van der Waals surface area contributed by atoms with Crippen LogP contribution in [-0.2, 0) is 11.2 Å². The maximum absolute atomic E-state index is 11.2. The number of hydrogen-bond donors (Lipinski definition) is 1. The minimum absolute atomic E-state index is 0.0751. The first kappa shape index (κ1) is 10.5. The van der Waals surface area contributed by atoms with Crippen LogP contribution in [-0.4, -0.2) is 10.9 Å². The molecular formula is C12H14O2. The zero-order valence-electron chi connectivity index (χ0n) is 8.45. The number of ketones is 1. The summed E-state index contributed by atoms with van der Waals surface area (Å²) in [6.45, 7) is 3.01. The Morgan fingerprint density at radius 1 is 1.21 bits per heavy atom. The molecule has 1 rings (SSSR count). The summed E-state index contributed by atoms with van der Waals surface area (Å²) in [5.74, 6) is 0.0372. The summed E-state index contributed by atoms with van der Waals surface area (Å²) in [7, 11) is 0. The van der Waals surface area contributed by atoms with Gasteiger partial charge in [-0.1, -0.05) is 30.3 Å². The fraction of sp³-hybridized carbons (Fsp3) is 0.250. The maximum Gasteiger partial charge on any atom is 0.159 e. The van der Waals surface area contributed by atoms with Gasteiger partial charge in [-0.25, -0.2) is 0 Å². The molecule has 1 aromatic carbocycles. The van der Waals surface area contributed by atoms with Crippen molar-refractivity contribution in [2.45, 2.75) is 20.3 Å². The average molecular weight is 190 g/mol. The lowest BCUT2D eigenvalue weighted by molar-refractivity contribution is -0.113. The molecule has 74 valence electrons. The van der Waals surface area contributed by atoms with Gasteiger partial charge in [0.15, 0.2) is 5.78 Å². The van der Waals surface area contributed by atoms with Crippen molar-refractivity contribution in [2.24, 2.45) is 0 Å². The molecule has 0 aromatic heterocycles. The summed E-state index contributed by atoms with van der Waals surface area (Å²) >= 11 is 0. The standard InChI is InChI=1S/C12H14O2/c1-9(13)12(10(2)14)8-11-6-4-3-5-7-11/h3-7,13H,8H2,1-2H3/b12-9-. The average Bonchev–Trinajstić information content (AvgIpc) is 2.15. The van der Waals surface area contributed by atoms with E-state index in [2.05, 4.69) is 0 Å². The Morgan fingerprint density at radius 2 is 1.79 bits per heavy atom. The smallest absolute Gasteiger partial charge is 0.159 e. The molecule has 2 nitrogen and oxygen atoms in total. The number of allylic oxidation sites excluding steroid dienone is 2. The first-order valence-electron chi connectivity index (χ1n) is 4.55. The van der Waals surface area contributed by atoms with Crippen molar-refractivity contribution in [3.8, 4) is 0 Å². The van der Waals surface area contributed by atoms with Crippen molar-refractivity contribution in [1.82, 2.24) is 0 Å². The van der Waals surface area contributed by atoms with E-state index in [0.29, 0.717) is 12.0 Å². The number of Topliss-reactive ketones (excluding diaryl/α,β-unsaturated/α-hetero) is 1. The second-order valence-corrected chi connectivity index (χ2v) is 3.28. The van der Waals surface area contributed by atoms with Crippen LogP contribution < -0.4 is 0 Å². The number of rotatable bonds is 3. The van der Waals surface area contributed by atoms with Crippen molar-refractivity contribution in [3.63, 3.8) is 0 Å². The van der Waals surface area contributed by atoms with Crippen LogP contribution in [0.1, 0.15) is 19.4 Å². The van der Waals surface area contributed by atoms with E-state index in [9.17, 15) is 9.90 Å². The van der Waals surface area contributed by atoms with E-state index in [1.807, 2.05) is 30.3 Å². The monoisotopic (exact) mass is 190 g/mol. The van der Waals surface area contributed by atoms with E-state index >= 15 is 0 Å². The highest BCUT2D eigenvalue weighted by Gasteiger charge is 2.08. The highest BCUT2D eigenvalue weighted by molar-refractivity contribution is 5.94. The van der Waals surface area contributed by atoms with Crippen LogP contribution >= 0.6 is 0 Å². The normalized spacial score (nSPS) is 12.1. The predicted octanol–water partition coefficient (Wildman–Crippen LogP) is 2.65. The van der Waals surface area contributed by atoms with Crippen LogP contribution in [0.2, 0.25) is 0 Å². The van der Waals surface area contributed by atoms with Gasteiger partial charge in [-0.3, -0.25) is 4.79 Å². The number of carbonyl (C=O) groups excluding carboxylic acids is 1. The number of aliphatic hydroxyl groups excluding tert-OH is 1. The molecule has 0 unspecified atom stereocenters. The van der Waals surface area contributed by atoms with Crippen molar-refractivity contribution in [3.05, 3.63) is 47.2 Å². The summed E-state index contributed by atoms with van der Waals surface area (Å²) in [6.07, 6.45) is 0.499. The third-order valence-electron chi connectivity index (χ3n) is 2.09. The van der Waals surface area contributed by atoms with Gasteiger partial charge < -0.3 is 5.11 Å². The molecule has 0 atom stereocenters. The van der Waals surface area contributed by atoms with E-state index < -0.39 is 0 Å². The zero-order chi connectivity index (χ0) is 10.6. The first-order valence-corrected chi connectivity index (χ1v) is 4.55. The Labute approximate surface area is 83.9 Å². The summed E-state index contributed by atoms with van der Waals surface area (Å²) < 4.78 is 0. The second-order valence-electron chi connectivity index (χ2n) is 3.28.